The number of primary sulfonamides is 1. The Hall–Kier alpha value is -4.32. The zero-order valence-electron chi connectivity index (χ0n) is 20.2. The third kappa shape index (κ3) is 4.58. The Labute approximate surface area is 225 Å². The molecule has 4 aromatic rings. The van der Waals surface area contributed by atoms with Crippen molar-refractivity contribution in [1.29, 1.82) is 0 Å². The number of amides is 1. The molecule has 0 spiro atoms. The van der Waals surface area contributed by atoms with Gasteiger partial charge in [-0.25, -0.2) is 18.6 Å². The number of anilines is 2. The van der Waals surface area contributed by atoms with Crippen LogP contribution in [0.4, 0.5) is 11.4 Å². The van der Waals surface area contributed by atoms with Crippen LogP contribution in [0.1, 0.15) is 11.1 Å². The molecule has 38 heavy (non-hydrogen) atoms. The van der Waals surface area contributed by atoms with Crippen molar-refractivity contribution in [3.63, 3.8) is 0 Å². The second-order valence-electron chi connectivity index (χ2n) is 8.52. The first-order chi connectivity index (χ1) is 18.2. The fourth-order valence-electron chi connectivity index (χ4n) is 4.47. The van der Waals surface area contributed by atoms with Crippen LogP contribution in [-0.4, -0.2) is 32.3 Å². The first-order valence-electron chi connectivity index (χ1n) is 11.5. The fraction of sp³-hybridized carbons (Fsp3) is 0.0741. The largest absolute Gasteiger partial charge is 0.497 e. The molecule has 0 aromatic heterocycles. The van der Waals surface area contributed by atoms with Crippen LogP contribution in [0, 0.1) is 0 Å². The Kier molecular flexibility index (Phi) is 6.57. The molecule has 0 radical (unpaired) electrons. The lowest BCUT2D eigenvalue weighted by Crippen LogP contribution is -2.36. The summed E-state index contributed by atoms with van der Waals surface area (Å²) in [4.78, 5) is 15.2. The first kappa shape index (κ1) is 25.3. The average Bonchev–Trinajstić information content (AvgIpc) is 3.16. The number of carbonyl (C=O) groups excluding carboxylic acids is 1. The molecular weight excluding hydrogens is 522 g/mol. The van der Waals surface area contributed by atoms with Gasteiger partial charge in [0.25, 0.3) is 5.91 Å². The number of carbonyl (C=O) groups is 1. The molecule has 1 aliphatic rings. The number of thiocarbonyl (C=S) groups is 1. The number of para-hydroxylation sites is 1. The van der Waals surface area contributed by atoms with Crippen molar-refractivity contribution in [3.8, 4) is 5.75 Å². The first-order valence-corrected chi connectivity index (χ1v) is 13.4. The van der Waals surface area contributed by atoms with Crippen molar-refractivity contribution in [1.82, 2.24) is 0 Å². The third-order valence-corrected chi connectivity index (χ3v) is 7.35. The van der Waals surface area contributed by atoms with E-state index in [1.807, 2.05) is 42.5 Å². The maximum atomic E-state index is 13.9. The molecule has 0 unspecified atom stereocenters. The monoisotopic (exact) mass is 545 g/mol. The highest BCUT2D eigenvalue weighted by atomic mass is 32.2. The van der Waals surface area contributed by atoms with E-state index in [1.165, 1.54) is 25.3 Å². The Morgan fingerprint density at radius 3 is 2.47 bits per heavy atom. The fourth-order valence-corrected chi connectivity index (χ4v) is 5.32. The predicted molar refractivity (Wildman–Crippen MR) is 152 cm³/mol. The zero-order valence-corrected chi connectivity index (χ0v) is 21.9. The predicted octanol–water partition coefficient (Wildman–Crippen LogP) is 3.50. The second kappa shape index (κ2) is 9.86. The molecule has 192 valence electrons. The number of hydrogen-bond donors (Lipinski definition) is 2. The van der Waals surface area contributed by atoms with Crippen LogP contribution in [0.15, 0.2) is 94.9 Å². The van der Waals surface area contributed by atoms with E-state index in [9.17, 15) is 13.2 Å². The zero-order chi connectivity index (χ0) is 27.0. The lowest BCUT2D eigenvalue weighted by molar-refractivity contribution is -0.112. The number of hydrazone groups is 1. The number of benzene rings is 4. The number of nitrogens with zero attached hydrogens (tertiary/aromatic N) is 3. The van der Waals surface area contributed by atoms with E-state index in [0.29, 0.717) is 17.0 Å². The summed E-state index contributed by atoms with van der Waals surface area (Å²) in [6.45, 7) is 0.277. The molecule has 1 aliphatic heterocycles. The minimum atomic E-state index is -4.14. The highest BCUT2D eigenvalue weighted by Crippen LogP contribution is 2.35. The van der Waals surface area contributed by atoms with E-state index >= 15 is 0 Å². The Balaban J connectivity index is 1.65. The molecule has 4 aromatic carbocycles. The van der Waals surface area contributed by atoms with Crippen LogP contribution < -0.4 is 25.5 Å². The van der Waals surface area contributed by atoms with Gasteiger partial charge in [0.2, 0.25) is 10.0 Å². The van der Waals surface area contributed by atoms with Gasteiger partial charge in [-0.15, -0.1) is 0 Å². The maximum absolute atomic E-state index is 13.9. The summed E-state index contributed by atoms with van der Waals surface area (Å²) < 4.78 is 29.9. The van der Waals surface area contributed by atoms with E-state index in [4.69, 9.17) is 27.8 Å². The Bertz CT molecular complexity index is 1730. The van der Waals surface area contributed by atoms with Crippen molar-refractivity contribution in [2.75, 3.05) is 17.0 Å². The third-order valence-electron chi connectivity index (χ3n) is 6.21. The molecule has 9 nitrogen and oxygen atoms in total. The number of hydrogen-bond acceptors (Lipinski definition) is 6. The van der Waals surface area contributed by atoms with Crippen molar-refractivity contribution in [3.05, 3.63) is 96.1 Å². The van der Waals surface area contributed by atoms with Gasteiger partial charge in [0.05, 0.1) is 25.0 Å². The molecule has 0 atom stereocenters. The Morgan fingerprint density at radius 2 is 1.74 bits per heavy atom. The molecule has 0 aliphatic carbocycles. The maximum Gasteiger partial charge on any atom is 0.279 e. The van der Waals surface area contributed by atoms with Gasteiger partial charge < -0.3 is 15.4 Å². The molecule has 0 saturated heterocycles. The topological polar surface area (TPSA) is 131 Å². The number of ether oxygens (including phenoxy) is 1. The van der Waals surface area contributed by atoms with Gasteiger partial charge in [0, 0.05) is 5.56 Å². The molecule has 4 N–H and O–H groups in total. The van der Waals surface area contributed by atoms with Crippen molar-refractivity contribution in [2.24, 2.45) is 16.0 Å². The number of methoxy groups -OCH3 is 1. The van der Waals surface area contributed by atoms with Gasteiger partial charge >= 0.3 is 0 Å². The summed E-state index contributed by atoms with van der Waals surface area (Å²) in [5.41, 5.74) is 8.07. The summed E-state index contributed by atoms with van der Waals surface area (Å²) in [6.07, 6.45) is 0. The molecule has 0 saturated carbocycles. The molecule has 0 bridgehead atoms. The van der Waals surface area contributed by atoms with Gasteiger partial charge in [0.1, 0.15) is 10.6 Å². The summed E-state index contributed by atoms with van der Waals surface area (Å²) in [5, 5.41) is 12.8. The van der Waals surface area contributed by atoms with E-state index < -0.39 is 15.9 Å². The summed E-state index contributed by atoms with van der Waals surface area (Å²) >= 11 is 5.20. The summed E-state index contributed by atoms with van der Waals surface area (Å²) in [5.74, 6) is 0.110. The van der Waals surface area contributed by atoms with E-state index in [2.05, 4.69) is 5.10 Å². The average molecular weight is 546 g/mol. The molecule has 0 fully saturated rings. The quantitative estimate of drug-likeness (QED) is 0.280. The summed E-state index contributed by atoms with van der Waals surface area (Å²) in [6, 6.07) is 25.0. The van der Waals surface area contributed by atoms with E-state index in [0.717, 1.165) is 21.3 Å². The lowest BCUT2D eigenvalue weighted by atomic mass is 10.0. The molecule has 5 rings (SSSR count). The number of nitrogens with two attached hydrogens (primary N) is 2. The second-order valence-corrected chi connectivity index (χ2v) is 10.5. The minimum absolute atomic E-state index is 0.0242. The normalized spacial score (nSPS) is 14.1. The molecular formula is C27H23N5O4S2. The summed E-state index contributed by atoms with van der Waals surface area (Å²) in [7, 11) is -2.62. The van der Waals surface area contributed by atoms with Gasteiger partial charge in [-0.05, 0) is 58.9 Å². The number of rotatable bonds is 6. The minimum Gasteiger partial charge on any atom is -0.497 e. The van der Waals surface area contributed by atoms with E-state index in [1.54, 1.807) is 29.2 Å². The van der Waals surface area contributed by atoms with Gasteiger partial charge in [0.15, 0.2) is 10.8 Å². The van der Waals surface area contributed by atoms with Crippen LogP contribution in [0.25, 0.3) is 10.8 Å². The molecule has 11 heteroatoms. The Morgan fingerprint density at radius 1 is 1.03 bits per heavy atom. The smallest absolute Gasteiger partial charge is 0.279 e. The molecule has 1 amide bonds. The van der Waals surface area contributed by atoms with Crippen LogP contribution in [0.3, 0.4) is 0 Å². The number of fused-ring (bicyclic) bond motifs is 2. The van der Waals surface area contributed by atoms with Crippen LogP contribution >= 0.6 is 12.2 Å². The highest BCUT2D eigenvalue weighted by Gasteiger charge is 2.36. The lowest BCUT2D eigenvalue weighted by Gasteiger charge is -2.20. The van der Waals surface area contributed by atoms with Gasteiger partial charge in [-0.1, -0.05) is 54.6 Å². The standard InChI is InChI=1S/C27H23N5O4S2/c1-36-19-13-14-22-21(15-19)25(30-32(27(28)37)23-11-4-5-12-24(23)38(29,34)35)26(33)31(22)16-18-9-6-8-17-7-2-3-10-20(17)18/h2-15H,16H2,1H3,(H2,28,37)(H2,29,34,35)/b30-25-. The van der Waals surface area contributed by atoms with Crippen LogP contribution in [0.5, 0.6) is 5.75 Å². The van der Waals surface area contributed by atoms with Crippen molar-refractivity contribution >= 4 is 61.1 Å². The highest BCUT2D eigenvalue weighted by molar-refractivity contribution is 7.89. The van der Waals surface area contributed by atoms with Crippen LogP contribution in [0.2, 0.25) is 0 Å². The van der Waals surface area contributed by atoms with Crippen molar-refractivity contribution < 1.29 is 17.9 Å². The molecule has 1 heterocycles. The van der Waals surface area contributed by atoms with Crippen LogP contribution in [-0.2, 0) is 21.4 Å². The van der Waals surface area contributed by atoms with Gasteiger partial charge in [-0.3, -0.25) is 4.79 Å². The SMILES string of the molecule is COc1ccc2c(c1)/C(=N/N(C(N)=S)c1ccccc1S(N)(=O)=O)C(=O)N2Cc1cccc2ccccc12. The van der Waals surface area contributed by atoms with Gasteiger partial charge in [-0.2, -0.15) is 5.10 Å². The van der Waals surface area contributed by atoms with Crippen molar-refractivity contribution in [2.45, 2.75) is 11.4 Å². The van der Waals surface area contributed by atoms with E-state index in [-0.39, 0.29) is 28.0 Å². The number of sulfonamides is 1.